The maximum absolute atomic E-state index is 11.0. The Balaban J connectivity index is 0. The summed E-state index contributed by atoms with van der Waals surface area (Å²) in [7, 11) is -0.0525. The van der Waals surface area contributed by atoms with E-state index in [0.29, 0.717) is 12.2 Å². The zero-order valence-electron chi connectivity index (χ0n) is 11.0. The largest absolute Gasteiger partial charge is 0.741 e. The second-order valence-corrected chi connectivity index (χ2v) is 6.01. The van der Waals surface area contributed by atoms with Gasteiger partial charge in [0.25, 0.3) is 5.91 Å². The van der Waals surface area contributed by atoms with Crippen molar-refractivity contribution in [2.45, 2.75) is 12.4 Å². The van der Waals surface area contributed by atoms with E-state index in [1.807, 2.05) is 21.1 Å². The summed E-state index contributed by atoms with van der Waals surface area (Å²) in [5.74, 6) is -0.0712. The van der Waals surface area contributed by atoms with Gasteiger partial charge in [-0.25, -0.2) is 8.42 Å². The first-order valence-corrected chi connectivity index (χ1v) is 6.25. The zero-order valence-corrected chi connectivity index (χ0v) is 11.9. The monoisotopic (exact) mass is 306 g/mol. The zero-order chi connectivity index (χ0) is 16.1. The fraction of sp³-hybridized carbons (Fsp3) is 0.667. The van der Waals surface area contributed by atoms with Crippen LogP contribution >= 0.6 is 0 Å². The minimum Gasteiger partial charge on any atom is -0.741 e. The molecule has 0 aromatic rings. The maximum Gasteiger partial charge on any atom is 0.485 e. The van der Waals surface area contributed by atoms with Gasteiger partial charge in [-0.2, -0.15) is 13.2 Å². The molecule has 0 radical (unpaired) electrons. The smallest absolute Gasteiger partial charge is 0.485 e. The first kappa shape index (κ1) is 20.2. The normalized spacial score (nSPS) is 12.2. The molecule has 1 amide bonds. The average Bonchev–Trinajstić information content (AvgIpc) is 2.10. The van der Waals surface area contributed by atoms with Crippen molar-refractivity contribution in [2.24, 2.45) is 0 Å². The fourth-order valence-electron chi connectivity index (χ4n) is 0.460. The Bertz CT molecular complexity index is 424. The topological polar surface area (TPSA) is 86.3 Å². The molecule has 10 heteroatoms. The molecule has 0 saturated heterocycles. The van der Waals surface area contributed by atoms with Gasteiger partial charge in [0.1, 0.15) is 0 Å². The first-order chi connectivity index (χ1) is 8.08. The van der Waals surface area contributed by atoms with E-state index in [1.165, 1.54) is 0 Å². The summed E-state index contributed by atoms with van der Waals surface area (Å²) in [6.07, 6.45) is 0. The third kappa shape index (κ3) is 11.7. The Morgan fingerprint density at radius 1 is 1.32 bits per heavy atom. The van der Waals surface area contributed by atoms with Crippen LogP contribution in [0.1, 0.15) is 6.92 Å². The van der Waals surface area contributed by atoms with Crippen LogP contribution in [0.3, 0.4) is 0 Å². The van der Waals surface area contributed by atoms with Gasteiger partial charge in [0, 0.05) is 5.57 Å². The lowest BCUT2D eigenvalue weighted by atomic mass is 10.3. The highest BCUT2D eigenvalue weighted by Crippen LogP contribution is 2.20. The number of alkyl halides is 3. The molecule has 19 heavy (non-hydrogen) atoms. The Hall–Kier alpha value is -1.13. The third-order valence-corrected chi connectivity index (χ3v) is 1.95. The Labute approximate surface area is 110 Å². The quantitative estimate of drug-likeness (QED) is 0.269. The molecule has 0 fully saturated rings. The minimum absolute atomic E-state index is 0.0712. The molecule has 0 aromatic heterocycles. The number of carbonyl (C=O) groups is 1. The van der Waals surface area contributed by atoms with Crippen LogP contribution in [-0.2, 0) is 14.9 Å². The van der Waals surface area contributed by atoms with E-state index in [0.717, 1.165) is 4.48 Å². The van der Waals surface area contributed by atoms with E-state index < -0.39 is 15.6 Å². The van der Waals surface area contributed by atoms with Crippen LogP contribution in [0.25, 0.3) is 0 Å². The molecular weight excluding hydrogens is 289 g/mol. The van der Waals surface area contributed by atoms with Crippen LogP contribution in [0.4, 0.5) is 13.2 Å². The van der Waals surface area contributed by atoms with Gasteiger partial charge in [0.15, 0.2) is 16.8 Å². The number of halogens is 3. The van der Waals surface area contributed by atoms with Gasteiger partial charge < -0.3 is 14.4 Å². The van der Waals surface area contributed by atoms with Crippen molar-refractivity contribution in [1.82, 2.24) is 5.32 Å². The van der Waals surface area contributed by atoms with Gasteiger partial charge in [-0.05, 0) is 6.92 Å². The summed E-state index contributed by atoms with van der Waals surface area (Å²) in [5, 5.41) is 2.76. The number of nitrogens with one attached hydrogen (secondary N) is 1. The van der Waals surface area contributed by atoms with Crippen LogP contribution in [0.15, 0.2) is 12.2 Å². The highest BCUT2D eigenvalue weighted by atomic mass is 32.2. The van der Waals surface area contributed by atoms with Crippen molar-refractivity contribution in [2.75, 3.05) is 27.8 Å². The first-order valence-electron chi connectivity index (χ1n) is 4.84. The molecule has 0 rings (SSSR count). The van der Waals surface area contributed by atoms with Gasteiger partial charge in [-0.1, -0.05) is 6.58 Å². The molecule has 0 unspecified atom stereocenters. The van der Waals surface area contributed by atoms with Crippen molar-refractivity contribution in [3.8, 4) is 0 Å². The lowest BCUT2D eigenvalue weighted by Crippen LogP contribution is -2.45. The predicted molar refractivity (Wildman–Crippen MR) is 61.6 cm³/mol. The maximum atomic E-state index is 11.0. The Morgan fingerprint density at radius 2 is 1.63 bits per heavy atom. The molecule has 0 bridgehead atoms. The third-order valence-electron chi connectivity index (χ3n) is 1.39. The van der Waals surface area contributed by atoms with E-state index in [-0.39, 0.29) is 5.91 Å². The van der Waals surface area contributed by atoms with Gasteiger partial charge >= 0.3 is 5.51 Å². The molecule has 0 aliphatic carbocycles. The molecule has 0 aromatic carbocycles. The number of amides is 1. The summed E-state index contributed by atoms with van der Waals surface area (Å²) in [5.41, 5.74) is -5.09. The second kappa shape index (κ2) is 6.87. The molecule has 0 saturated carbocycles. The van der Waals surface area contributed by atoms with E-state index in [2.05, 4.69) is 11.9 Å². The van der Waals surface area contributed by atoms with Crippen LogP contribution in [0.5, 0.6) is 0 Å². The molecule has 0 aliphatic heterocycles. The number of hydrogen-bond acceptors (Lipinski definition) is 4. The SMILES string of the molecule is C=C(C)C(=O)NC[N+](C)(C)C.O=S(=O)([O-])C(F)(F)F. The van der Waals surface area contributed by atoms with E-state index >= 15 is 0 Å². The van der Waals surface area contributed by atoms with Gasteiger partial charge in [0.05, 0.1) is 21.1 Å². The number of quaternary nitrogens is 1. The summed E-state index contributed by atoms with van der Waals surface area (Å²) in [6.45, 7) is 5.87. The number of rotatable bonds is 3. The molecule has 1 N–H and O–H groups in total. The molecule has 114 valence electrons. The summed E-state index contributed by atoms with van der Waals surface area (Å²) in [6, 6.07) is 0. The molecule has 0 aliphatic rings. The molecule has 0 spiro atoms. The van der Waals surface area contributed by atoms with Gasteiger partial charge in [-0.3, -0.25) is 4.79 Å². The van der Waals surface area contributed by atoms with Gasteiger partial charge in [0.2, 0.25) is 0 Å². The Kier molecular flexibility index (Phi) is 7.30. The lowest BCUT2D eigenvalue weighted by Gasteiger charge is -2.23. The van der Waals surface area contributed by atoms with E-state index in [4.69, 9.17) is 13.0 Å². The fourth-order valence-corrected chi connectivity index (χ4v) is 0.460. The van der Waals surface area contributed by atoms with E-state index in [9.17, 15) is 18.0 Å². The van der Waals surface area contributed by atoms with E-state index in [1.54, 1.807) is 6.92 Å². The summed E-state index contributed by atoms with van der Waals surface area (Å²) >= 11 is 0. The molecule has 0 atom stereocenters. The Morgan fingerprint density at radius 3 is 1.79 bits per heavy atom. The molecule has 6 nitrogen and oxygen atoms in total. The highest BCUT2D eigenvalue weighted by molar-refractivity contribution is 7.86. The average molecular weight is 306 g/mol. The van der Waals surface area contributed by atoms with Crippen LogP contribution in [0, 0.1) is 0 Å². The number of carbonyl (C=O) groups excluding carboxylic acids is 1. The number of nitrogens with zero attached hydrogens (tertiary/aromatic N) is 1. The minimum atomic E-state index is -6.09. The van der Waals surface area contributed by atoms with Crippen LogP contribution in [-0.4, -0.2) is 56.7 Å². The van der Waals surface area contributed by atoms with Crippen molar-refractivity contribution in [1.29, 1.82) is 0 Å². The highest BCUT2D eigenvalue weighted by Gasteiger charge is 2.36. The molecular formula is C9H17F3N2O4S. The summed E-state index contributed by atoms with van der Waals surface area (Å²) in [4.78, 5) is 11.0. The predicted octanol–water partition coefficient (Wildman–Crippen LogP) is 0.394. The standard InChI is InChI=1S/C8H16N2O.CHF3O3S/c1-7(2)8(11)9-6-10(3,4)5;2-1(3,4)8(5,6)7/h1,6H2,2-5H3;(H,5,6,7). The lowest BCUT2D eigenvalue weighted by molar-refractivity contribution is -0.872. The van der Waals surface area contributed by atoms with Crippen LogP contribution < -0.4 is 5.32 Å². The van der Waals surface area contributed by atoms with Crippen molar-refractivity contribution < 1.29 is 35.4 Å². The second-order valence-electron chi connectivity index (χ2n) is 4.63. The van der Waals surface area contributed by atoms with Crippen molar-refractivity contribution in [3.63, 3.8) is 0 Å². The van der Waals surface area contributed by atoms with Crippen molar-refractivity contribution in [3.05, 3.63) is 12.2 Å². The van der Waals surface area contributed by atoms with Crippen molar-refractivity contribution >= 4 is 16.0 Å². The summed E-state index contributed by atoms with van der Waals surface area (Å²) < 4.78 is 59.6. The van der Waals surface area contributed by atoms with Gasteiger partial charge in [-0.15, -0.1) is 0 Å². The van der Waals surface area contributed by atoms with Crippen LogP contribution in [0.2, 0.25) is 0 Å². The number of hydrogen-bond donors (Lipinski definition) is 1. The molecule has 0 heterocycles.